The molecule has 1 amide bonds. The molecule has 1 heterocycles. The lowest BCUT2D eigenvalue weighted by molar-refractivity contribution is -0.123. The quantitative estimate of drug-likeness (QED) is 0.829. The fourth-order valence-corrected chi connectivity index (χ4v) is 3.75. The third-order valence-corrected chi connectivity index (χ3v) is 5.36. The first-order valence-corrected chi connectivity index (χ1v) is 8.41. The van der Waals surface area contributed by atoms with Crippen LogP contribution in [-0.4, -0.2) is 40.3 Å². The van der Waals surface area contributed by atoms with Gasteiger partial charge in [0.15, 0.2) is 0 Å². The molecule has 1 aliphatic heterocycles. The van der Waals surface area contributed by atoms with Crippen molar-refractivity contribution in [3.8, 4) is 17.2 Å². The van der Waals surface area contributed by atoms with E-state index in [2.05, 4.69) is 10.6 Å². The number of hydrogen-bond acceptors (Lipinski definition) is 5. The zero-order valence-corrected chi connectivity index (χ0v) is 14.6. The second-order valence-electron chi connectivity index (χ2n) is 6.60. The molecule has 0 bridgehead atoms. The fourth-order valence-electron chi connectivity index (χ4n) is 3.75. The Morgan fingerprint density at radius 3 is 2.33 bits per heavy atom. The molecule has 1 saturated heterocycles. The van der Waals surface area contributed by atoms with Crippen molar-refractivity contribution in [2.75, 3.05) is 34.4 Å². The van der Waals surface area contributed by atoms with Gasteiger partial charge >= 0.3 is 0 Å². The normalized spacial score (nSPS) is 21.2. The Bertz CT molecular complexity index is 586. The summed E-state index contributed by atoms with van der Waals surface area (Å²) in [4.78, 5) is 12.5. The van der Waals surface area contributed by atoms with Gasteiger partial charge < -0.3 is 24.8 Å². The van der Waals surface area contributed by atoms with Crippen LogP contribution in [0.5, 0.6) is 17.2 Å². The third-order valence-electron chi connectivity index (χ3n) is 5.36. The summed E-state index contributed by atoms with van der Waals surface area (Å²) in [5, 5.41) is 6.42. The van der Waals surface area contributed by atoms with Crippen molar-refractivity contribution < 1.29 is 19.0 Å². The summed E-state index contributed by atoms with van der Waals surface area (Å²) in [7, 11) is 4.80. The van der Waals surface area contributed by atoms with E-state index in [1.54, 1.807) is 33.5 Å². The van der Waals surface area contributed by atoms with Crippen LogP contribution in [0.15, 0.2) is 12.1 Å². The Morgan fingerprint density at radius 2 is 1.79 bits per heavy atom. The maximum atomic E-state index is 12.5. The molecule has 1 aliphatic carbocycles. The van der Waals surface area contributed by atoms with E-state index in [1.165, 1.54) is 0 Å². The Labute approximate surface area is 142 Å². The topological polar surface area (TPSA) is 68.8 Å². The SMILES string of the molecule is COc1cc(OC)c(CNC(=O)C2CC23CCNCC3)c(OC)c1. The molecule has 1 spiro atoms. The highest BCUT2D eigenvalue weighted by Crippen LogP contribution is 2.58. The molecular weight excluding hydrogens is 308 g/mol. The van der Waals surface area contributed by atoms with Crippen LogP contribution in [0.25, 0.3) is 0 Å². The van der Waals surface area contributed by atoms with Crippen LogP contribution in [0.4, 0.5) is 0 Å². The Balaban J connectivity index is 1.67. The molecule has 24 heavy (non-hydrogen) atoms. The molecule has 2 fully saturated rings. The molecule has 1 unspecified atom stereocenters. The van der Waals surface area contributed by atoms with Crippen LogP contribution in [0.1, 0.15) is 24.8 Å². The molecule has 1 atom stereocenters. The molecule has 1 aromatic rings. The van der Waals surface area contributed by atoms with E-state index in [1.807, 2.05) is 0 Å². The first-order chi connectivity index (χ1) is 11.6. The summed E-state index contributed by atoms with van der Waals surface area (Å²) in [5.74, 6) is 2.25. The second-order valence-corrected chi connectivity index (χ2v) is 6.60. The summed E-state index contributed by atoms with van der Waals surface area (Å²) in [6.45, 7) is 2.42. The van der Waals surface area contributed by atoms with E-state index in [4.69, 9.17) is 14.2 Å². The zero-order chi connectivity index (χ0) is 17.2. The van der Waals surface area contributed by atoms with Gasteiger partial charge in [-0.05, 0) is 37.8 Å². The number of methoxy groups -OCH3 is 3. The Kier molecular flexibility index (Phi) is 4.85. The minimum absolute atomic E-state index is 0.136. The van der Waals surface area contributed by atoms with Crippen LogP contribution in [0.2, 0.25) is 0 Å². The first-order valence-electron chi connectivity index (χ1n) is 8.41. The van der Waals surface area contributed by atoms with E-state index < -0.39 is 0 Å². The predicted octanol–water partition coefficient (Wildman–Crippen LogP) is 1.72. The second kappa shape index (κ2) is 6.89. The van der Waals surface area contributed by atoms with Crippen molar-refractivity contribution >= 4 is 5.91 Å². The Morgan fingerprint density at radius 1 is 1.17 bits per heavy atom. The number of nitrogens with one attached hydrogen (secondary N) is 2. The summed E-state index contributed by atoms with van der Waals surface area (Å²) in [6.07, 6.45) is 3.21. The maximum absolute atomic E-state index is 12.5. The van der Waals surface area contributed by atoms with Crippen molar-refractivity contribution in [2.45, 2.75) is 25.8 Å². The van der Waals surface area contributed by atoms with Crippen LogP contribution in [-0.2, 0) is 11.3 Å². The van der Waals surface area contributed by atoms with Gasteiger partial charge in [-0.3, -0.25) is 4.79 Å². The minimum atomic E-state index is 0.136. The number of amides is 1. The number of benzene rings is 1. The average Bonchev–Trinajstić information content (AvgIpc) is 3.32. The molecule has 132 valence electrons. The molecule has 1 saturated carbocycles. The van der Waals surface area contributed by atoms with E-state index in [-0.39, 0.29) is 17.2 Å². The number of rotatable bonds is 6. The van der Waals surface area contributed by atoms with Crippen molar-refractivity contribution in [1.29, 1.82) is 0 Å². The van der Waals surface area contributed by atoms with Crippen LogP contribution < -0.4 is 24.8 Å². The average molecular weight is 334 g/mol. The summed E-state index contributed by atoms with van der Waals surface area (Å²) in [6, 6.07) is 3.60. The molecule has 2 N–H and O–H groups in total. The van der Waals surface area contributed by atoms with Gasteiger partial charge in [0.1, 0.15) is 17.2 Å². The number of piperidine rings is 1. The lowest BCUT2D eigenvalue weighted by Gasteiger charge is -2.23. The van der Waals surface area contributed by atoms with Gasteiger partial charge in [0, 0.05) is 18.1 Å². The molecule has 6 nitrogen and oxygen atoms in total. The van der Waals surface area contributed by atoms with Crippen LogP contribution in [0, 0.1) is 11.3 Å². The van der Waals surface area contributed by atoms with Gasteiger partial charge in [0.05, 0.1) is 33.4 Å². The van der Waals surface area contributed by atoms with E-state index in [9.17, 15) is 4.79 Å². The highest BCUT2D eigenvalue weighted by molar-refractivity contribution is 5.82. The summed E-state index contributed by atoms with van der Waals surface area (Å²) < 4.78 is 16.1. The molecule has 3 rings (SSSR count). The Hall–Kier alpha value is -1.95. The maximum Gasteiger partial charge on any atom is 0.223 e. The lowest BCUT2D eigenvalue weighted by atomic mass is 9.92. The highest BCUT2D eigenvalue weighted by Gasteiger charge is 2.57. The highest BCUT2D eigenvalue weighted by atomic mass is 16.5. The van der Waals surface area contributed by atoms with Crippen molar-refractivity contribution in [1.82, 2.24) is 10.6 Å². The first kappa shape index (κ1) is 16.9. The van der Waals surface area contributed by atoms with Gasteiger partial charge in [-0.25, -0.2) is 0 Å². The molecule has 0 radical (unpaired) electrons. The number of hydrogen-bond donors (Lipinski definition) is 2. The van der Waals surface area contributed by atoms with E-state index in [0.29, 0.717) is 23.8 Å². The standard InChI is InChI=1S/C18H26N2O4/c1-22-12-8-15(23-2)13(16(9-12)24-3)11-20-17(21)14-10-18(14)4-6-19-7-5-18/h8-9,14,19H,4-7,10-11H2,1-3H3,(H,20,21). The monoisotopic (exact) mass is 334 g/mol. The largest absolute Gasteiger partial charge is 0.496 e. The van der Waals surface area contributed by atoms with Gasteiger partial charge in [-0.1, -0.05) is 0 Å². The van der Waals surface area contributed by atoms with Crippen molar-refractivity contribution in [3.63, 3.8) is 0 Å². The van der Waals surface area contributed by atoms with Gasteiger partial charge in [-0.2, -0.15) is 0 Å². The fraction of sp³-hybridized carbons (Fsp3) is 0.611. The molecular formula is C18H26N2O4. The summed E-state index contributed by atoms with van der Waals surface area (Å²) >= 11 is 0. The van der Waals surface area contributed by atoms with Crippen molar-refractivity contribution in [3.05, 3.63) is 17.7 Å². The van der Waals surface area contributed by atoms with E-state index >= 15 is 0 Å². The third kappa shape index (κ3) is 3.15. The molecule has 0 aromatic heterocycles. The number of carbonyl (C=O) groups excluding carboxylic acids is 1. The lowest BCUT2D eigenvalue weighted by Crippen LogP contribution is -2.33. The number of carbonyl (C=O) groups is 1. The summed E-state index contributed by atoms with van der Waals surface area (Å²) in [5.41, 5.74) is 1.07. The zero-order valence-electron chi connectivity index (χ0n) is 14.6. The van der Waals surface area contributed by atoms with Crippen molar-refractivity contribution in [2.24, 2.45) is 11.3 Å². The van der Waals surface area contributed by atoms with Gasteiger partial charge in [0.25, 0.3) is 0 Å². The smallest absolute Gasteiger partial charge is 0.223 e. The predicted molar refractivity (Wildman–Crippen MR) is 90.6 cm³/mol. The number of ether oxygens (including phenoxy) is 3. The van der Waals surface area contributed by atoms with Gasteiger partial charge in [-0.15, -0.1) is 0 Å². The van der Waals surface area contributed by atoms with Crippen LogP contribution >= 0.6 is 0 Å². The molecule has 2 aliphatic rings. The molecule has 6 heteroatoms. The molecule has 1 aromatic carbocycles. The van der Waals surface area contributed by atoms with E-state index in [0.717, 1.165) is 37.9 Å². The minimum Gasteiger partial charge on any atom is -0.496 e. The van der Waals surface area contributed by atoms with Gasteiger partial charge in [0.2, 0.25) is 5.91 Å². The van der Waals surface area contributed by atoms with Crippen LogP contribution in [0.3, 0.4) is 0 Å².